The first-order chi connectivity index (χ1) is 24.9. The summed E-state index contributed by atoms with van der Waals surface area (Å²) in [6, 6.07) is 16.3. The van der Waals surface area contributed by atoms with Crippen molar-refractivity contribution in [3.05, 3.63) is 70.8 Å². The lowest BCUT2D eigenvalue weighted by Crippen LogP contribution is -2.40. The molecule has 0 aliphatic carbocycles. The second kappa shape index (κ2) is 26.1. The van der Waals surface area contributed by atoms with Crippen LogP contribution in [0.25, 0.3) is 0 Å². The van der Waals surface area contributed by atoms with E-state index in [-0.39, 0.29) is 30.6 Å². The first kappa shape index (κ1) is 42.6. The summed E-state index contributed by atoms with van der Waals surface area (Å²) in [5.41, 5.74) is 4.01. The molecular formula is C43H69N3O5. The Kier molecular flexibility index (Phi) is 21.8. The summed E-state index contributed by atoms with van der Waals surface area (Å²) in [4.78, 5) is 26.1. The molecule has 8 heteroatoms. The molecule has 1 saturated heterocycles. The predicted molar refractivity (Wildman–Crippen MR) is 207 cm³/mol. The van der Waals surface area contributed by atoms with Gasteiger partial charge in [-0.25, -0.2) is 0 Å². The van der Waals surface area contributed by atoms with Crippen LogP contribution in [0.15, 0.2) is 48.5 Å². The molecule has 3 N–H and O–H groups in total. The van der Waals surface area contributed by atoms with E-state index >= 15 is 0 Å². The highest BCUT2D eigenvalue weighted by atomic mass is 16.7. The van der Waals surface area contributed by atoms with E-state index in [1.54, 1.807) is 0 Å². The van der Waals surface area contributed by atoms with Gasteiger partial charge in [-0.15, -0.1) is 0 Å². The smallest absolute Gasteiger partial charge is 0.220 e. The highest BCUT2D eigenvalue weighted by molar-refractivity contribution is 5.75. The largest absolute Gasteiger partial charge is 0.392 e. The number of hydrogen-bond acceptors (Lipinski definition) is 6. The summed E-state index contributed by atoms with van der Waals surface area (Å²) in [7, 11) is 0. The second-order valence-corrected chi connectivity index (χ2v) is 14.5. The van der Waals surface area contributed by atoms with E-state index in [4.69, 9.17) is 9.47 Å². The topological polar surface area (TPSA) is 100 Å². The van der Waals surface area contributed by atoms with Gasteiger partial charge in [0.05, 0.1) is 18.8 Å². The van der Waals surface area contributed by atoms with Crippen LogP contribution in [0.3, 0.4) is 0 Å². The number of nitrogens with one attached hydrogen (secondary N) is 2. The second-order valence-electron chi connectivity index (χ2n) is 14.5. The van der Waals surface area contributed by atoms with Gasteiger partial charge in [-0.2, -0.15) is 0 Å². The minimum atomic E-state index is -0.489. The van der Waals surface area contributed by atoms with Crippen LogP contribution in [0, 0.1) is 0 Å². The van der Waals surface area contributed by atoms with Crippen LogP contribution >= 0.6 is 0 Å². The molecule has 3 atom stereocenters. The van der Waals surface area contributed by atoms with Gasteiger partial charge >= 0.3 is 0 Å². The van der Waals surface area contributed by atoms with E-state index in [2.05, 4.69) is 53.6 Å². The summed E-state index contributed by atoms with van der Waals surface area (Å²) in [5.74, 6) is 0.0275. The minimum absolute atomic E-state index is 0.0159. The van der Waals surface area contributed by atoms with Gasteiger partial charge in [-0.1, -0.05) is 133 Å². The van der Waals surface area contributed by atoms with Crippen LogP contribution < -0.4 is 10.6 Å². The maximum Gasteiger partial charge on any atom is 0.220 e. The Morgan fingerprint density at radius 2 is 1.27 bits per heavy atom. The Morgan fingerprint density at radius 1 is 0.706 bits per heavy atom. The summed E-state index contributed by atoms with van der Waals surface area (Å²) >= 11 is 0. The van der Waals surface area contributed by atoms with E-state index in [0.717, 1.165) is 67.6 Å². The molecule has 1 heterocycles. The number of nitrogens with zero attached hydrogens (tertiary/aromatic N) is 1. The van der Waals surface area contributed by atoms with Crippen molar-refractivity contribution in [3.8, 4) is 0 Å². The molecule has 0 aromatic heterocycles. The molecule has 1 aliphatic heterocycles. The average molecular weight is 708 g/mol. The van der Waals surface area contributed by atoms with Gasteiger partial charge in [0.1, 0.15) is 0 Å². The number of benzene rings is 2. The molecule has 51 heavy (non-hydrogen) atoms. The number of aliphatic hydroxyl groups is 1. The van der Waals surface area contributed by atoms with Crippen LogP contribution in [0.5, 0.6) is 0 Å². The number of amides is 2. The van der Waals surface area contributed by atoms with Crippen molar-refractivity contribution in [1.82, 2.24) is 15.5 Å². The normalized spacial score (nSPS) is 17.5. The van der Waals surface area contributed by atoms with E-state index in [1.807, 2.05) is 24.3 Å². The number of carbonyl (C=O) groups excluding carboxylic acids is 2. The van der Waals surface area contributed by atoms with Gasteiger partial charge in [-0.3, -0.25) is 9.59 Å². The molecule has 1 fully saturated rings. The summed E-state index contributed by atoms with van der Waals surface area (Å²) in [5, 5.41) is 15.4. The van der Waals surface area contributed by atoms with Gasteiger partial charge < -0.3 is 30.1 Å². The van der Waals surface area contributed by atoms with Gasteiger partial charge in [-0.05, 0) is 55.5 Å². The van der Waals surface area contributed by atoms with Crippen LogP contribution in [0.1, 0.15) is 165 Å². The zero-order valence-corrected chi connectivity index (χ0v) is 32.1. The summed E-state index contributed by atoms with van der Waals surface area (Å²) < 4.78 is 13.4. The quantitative estimate of drug-likeness (QED) is 0.0802. The minimum Gasteiger partial charge on any atom is -0.392 e. The van der Waals surface area contributed by atoms with Crippen molar-refractivity contribution in [3.63, 3.8) is 0 Å². The predicted octanol–water partition coefficient (Wildman–Crippen LogP) is 9.06. The van der Waals surface area contributed by atoms with E-state index in [1.165, 1.54) is 84.0 Å². The molecule has 286 valence electrons. The Morgan fingerprint density at radius 3 is 1.88 bits per heavy atom. The molecule has 2 aromatic rings. The van der Waals surface area contributed by atoms with E-state index in [0.29, 0.717) is 19.5 Å². The first-order valence-corrected chi connectivity index (χ1v) is 20.2. The first-order valence-electron chi connectivity index (χ1n) is 20.2. The third-order valence-electron chi connectivity index (χ3n) is 9.93. The van der Waals surface area contributed by atoms with Crippen molar-refractivity contribution in [2.24, 2.45) is 0 Å². The SMILES string of the molecule is CCCCCCCCN(CCCCCCCC)C[C@H]1C[C@@H](c2ccc(CO)cc2)O[C@@H](c2ccc(CNC(=O)CCCCCNC(C)=O)cc2)O1. The lowest BCUT2D eigenvalue weighted by atomic mass is 9.99. The molecule has 0 spiro atoms. The van der Waals surface area contributed by atoms with E-state index in [9.17, 15) is 14.7 Å². The maximum absolute atomic E-state index is 12.4. The maximum atomic E-state index is 12.4. The van der Waals surface area contributed by atoms with Gasteiger partial charge in [0.2, 0.25) is 11.8 Å². The number of unbranched alkanes of at least 4 members (excludes halogenated alkanes) is 12. The molecule has 8 nitrogen and oxygen atoms in total. The molecule has 3 rings (SSSR count). The summed E-state index contributed by atoms with van der Waals surface area (Å²) in [6.07, 6.45) is 18.9. The standard InChI is InChI=1S/C43H69N3O5/c1-4-6-8-10-12-17-29-46(30-18-13-11-9-7-5-2)33-40-31-41(38-24-22-37(34-47)23-25-38)51-43(50-40)39-26-20-36(21-27-39)32-45-42(49)19-15-14-16-28-44-35(3)48/h20-27,40-41,43,47H,4-19,28-34H2,1-3H3,(H,44,48)(H,45,49)/t40-,41+,43+/m1/s1. The monoisotopic (exact) mass is 708 g/mol. The van der Waals surface area contributed by atoms with Gasteiger partial charge in [0.25, 0.3) is 0 Å². The van der Waals surface area contributed by atoms with Crippen LogP contribution in [-0.2, 0) is 32.2 Å². The summed E-state index contributed by atoms with van der Waals surface area (Å²) in [6.45, 7) is 10.3. The Bertz CT molecular complexity index is 1190. The van der Waals surface area contributed by atoms with Crippen LogP contribution in [0.4, 0.5) is 0 Å². The molecule has 1 aliphatic rings. The number of hydrogen-bond donors (Lipinski definition) is 3. The van der Waals surface area contributed by atoms with Crippen LogP contribution in [-0.4, -0.2) is 54.1 Å². The number of rotatable bonds is 27. The molecule has 0 bridgehead atoms. The fourth-order valence-corrected chi connectivity index (χ4v) is 6.78. The molecule has 2 aromatic carbocycles. The van der Waals surface area contributed by atoms with E-state index < -0.39 is 6.29 Å². The molecule has 0 saturated carbocycles. The van der Waals surface area contributed by atoms with Crippen molar-refractivity contribution < 1.29 is 24.2 Å². The fourth-order valence-electron chi connectivity index (χ4n) is 6.78. The van der Waals surface area contributed by atoms with Gasteiger partial charge in [0.15, 0.2) is 6.29 Å². The highest BCUT2D eigenvalue weighted by Crippen LogP contribution is 2.38. The number of aliphatic hydroxyl groups excluding tert-OH is 1. The van der Waals surface area contributed by atoms with Crippen molar-refractivity contribution in [1.29, 1.82) is 0 Å². The molecular weight excluding hydrogens is 638 g/mol. The Balaban J connectivity index is 1.62. The van der Waals surface area contributed by atoms with Crippen LogP contribution in [0.2, 0.25) is 0 Å². The fraction of sp³-hybridized carbons (Fsp3) is 0.674. The zero-order valence-electron chi connectivity index (χ0n) is 32.1. The lowest BCUT2D eigenvalue weighted by molar-refractivity contribution is -0.253. The lowest BCUT2D eigenvalue weighted by Gasteiger charge is -2.38. The highest BCUT2D eigenvalue weighted by Gasteiger charge is 2.33. The molecule has 0 radical (unpaired) electrons. The van der Waals surface area contributed by atoms with Crippen molar-refractivity contribution >= 4 is 11.8 Å². The Labute approximate surface area is 309 Å². The molecule has 2 amide bonds. The van der Waals surface area contributed by atoms with Gasteiger partial charge in [0, 0.05) is 45.0 Å². The molecule has 0 unspecified atom stereocenters. The zero-order chi connectivity index (χ0) is 36.5. The Hall–Kier alpha value is -2.78. The average Bonchev–Trinajstić information content (AvgIpc) is 3.14. The third-order valence-corrected chi connectivity index (χ3v) is 9.93. The van der Waals surface area contributed by atoms with Crippen molar-refractivity contribution in [2.45, 2.75) is 162 Å². The van der Waals surface area contributed by atoms with Crippen molar-refractivity contribution in [2.75, 3.05) is 26.2 Å². The third kappa shape index (κ3) is 18.0. The number of ether oxygens (including phenoxy) is 2. The number of carbonyl (C=O) groups is 2.